The zero-order chi connectivity index (χ0) is 12.3. The SMILES string of the molecule is CC(=NS(=O)C(C)C)c1cc(F)ccc1F. The van der Waals surface area contributed by atoms with Crippen molar-refractivity contribution in [3.63, 3.8) is 0 Å². The molecule has 0 spiro atoms. The summed E-state index contributed by atoms with van der Waals surface area (Å²) in [6.07, 6.45) is 0. The molecule has 16 heavy (non-hydrogen) atoms. The number of nitrogens with zero attached hydrogens (tertiary/aromatic N) is 1. The molecule has 1 aromatic carbocycles. The summed E-state index contributed by atoms with van der Waals surface area (Å²) in [6, 6.07) is 3.11. The zero-order valence-corrected chi connectivity index (χ0v) is 10.1. The third kappa shape index (κ3) is 3.20. The third-order valence-corrected chi connectivity index (χ3v) is 3.21. The van der Waals surface area contributed by atoms with Gasteiger partial charge in [-0.05, 0) is 39.0 Å². The minimum Gasteiger partial charge on any atom is -0.235 e. The highest BCUT2D eigenvalue weighted by atomic mass is 32.2. The molecule has 0 fully saturated rings. The van der Waals surface area contributed by atoms with Crippen molar-refractivity contribution in [2.75, 3.05) is 0 Å². The van der Waals surface area contributed by atoms with Gasteiger partial charge in [-0.3, -0.25) is 0 Å². The molecule has 0 aliphatic heterocycles. The Morgan fingerprint density at radius 3 is 2.56 bits per heavy atom. The third-order valence-electron chi connectivity index (χ3n) is 1.95. The van der Waals surface area contributed by atoms with Crippen LogP contribution in [0.2, 0.25) is 0 Å². The number of hydrogen-bond acceptors (Lipinski definition) is 1. The Labute approximate surface area is 96.0 Å². The zero-order valence-electron chi connectivity index (χ0n) is 9.33. The Morgan fingerprint density at radius 2 is 2.00 bits per heavy atom. The van der Waals surface area contributed by atoms with Crippen LogP contribution >= 0.6 is 0 Å². The lowest BCUT2D eigenvalue weighted by Gasteiger charge is -2.04. The Kier molecular flexibility index (Phi) is 4.29. The molecular weight excluding hydrogens is 232 g/mol. The molecule has 1 rings (SSSR count). The second-order valence-corrected chi connectivity index (χ2v) is 5.30. The van der Waals surface area contributed by atoms with E-state index in [0.717, 1.165) is 18.2 Å². The first-order valence-corrected chi connectivity index (χ1v) is 6.00. The molecule has 1 aromatic rings. The molecule has 1 atom stereocenters. The highest BCUT2D eigenvalue weighted by Gasteiger charge is 2.09. The van der Waals surface area contributed by atoms with E-state index in [1.54, 1.807) is 13.8 Å². The molecule has 0 amide bonds. The van der Waals surface area contributed by atoms with Gasteiger partial charge in [0, 0.05) is 5.56 Å². The van der Waals surface area contributed by atoms with Crippen molar-refractivity contribution in [3.8, 4) is 0 Å². The lowest BCUT2D eigenvalue weighted by atomic mass is 10.1. The fourth-order valence-corrected chi connectivity index (χ4v) is 1.64. The van der Waals surface area contributed by atoms with Crippen LogP contribution in [0.5, 0.6) is 0 Å². The quantitative estimate of drug-likeness (QED) is 0.753. The van der Waals surface area contributed by atoms with Crippen molar-refractivity contribution in [2.45, 2.75) is 26.0 Å². The number of hydrogen-bond donors (Lipinski definition) is 0. The molecule has 0 aliphatic carbocycles. The maximum Gasteiger partial charge on any atom is 0.142 e. The summed E-state index contributed by atoms with van der Waals surface area (Å²) in [5, 5.41) is -0.147. The molecule has 0 heterocycles. The molecule has 5 heteroatoms. The van der Waals surface area contributed by atoms with Crippen LogP contribution in [0.15, 0.2) is 22.6 Å². The van der Waals surface area contributed by atoms with Crippen LogP contribution in [-0.4, -0.2) is 15.2 Å². The Morgan fingerprint density at radius 1 is 1.38 bits per heavy atom. The fourth-order valence-electron chi connectivity index (χ4n) is 1.06. The fraction of sp³-hybridized carbons (Fsp3) is 0.364. The lowest BCUT2D eigenvalue weighted by molar-refractivity contribution is 0.598. The van der Waals surface area contributed by atoms with E-state index in [9.17, 15) is 13.0 Å². The molecule has 0 bridgehead atoms. The summed E-state index contributed by atoms with van der Waals surface area (Å²) in [6.45, 7) is 5.00. The first-order chi connectivity index (χ1) is 7.41. The van der Waals surface area contributed by atoms with E-state index in [1.807, 2.05) is 0 Å². The van der Waals surface area contributed by atoms with Gasteiger partial charge in [0.05, 0.1) is 11.0 Å². The van der Waals surface area contributed by atoms with E-state index < -0.39 is 22.6 Å². The van der Waals surface area contributed by atoms with E-state index in [0.29, 0.717) is 0 Å². The maximum atomic E-state index is 13.3. The van der Waals surface area contributed by atoms with Gasteiger partial charge >= 0.3 is 0 Å². The van der Waals surface area contributed by atoms with E-state index >= 15 is 0 Å². The standard InChI is InChI=1S/C11H13F2NOS/c1-7(2)16(15)14-8(3)10-6-9(12)4-5-11(10)13/h4-7H,1-3H3. The summed E-state index contributed by atoms with van der Waals surface area (Å²) in [7, 11) is -1.42. The Balaban J connectivity index is 3.09. The average Bonchev–Trinajstić information content (AvgIpc) is 2.21. The van der Waals surface area contributed by atoms with Gasteiger partial charge in [-0.25, -0.2) is 13.0 Å². The lowest BCUT2D eigenvalue weighted by Crippen LogP contribution is -2.07. The molecule has 88 valence electrons. The topological polar surface area (TPSA) is 29.4 Å². The van der Waals surface area contributed by atoms with Crippen LogP contribution < -0.4 is 0 Å². The van der Waals surface area contributed by atoms with Crippen LogP contribution in [0.25, 0.3) is 0 Å². The molecule has 0 radical (unpaired) electrons. The predicted octanol–water partition coefficient (Wildman–Crippen LogP) is 2.85. The van der Waals surface area contributed by atoms with Crippen molar-refractivity contribution < 1.29 is 13.0 Å². The first-order valence-electron chi connectivity index (χ1n) is 4.83. The Hall–Kier alpha value is -1.10. The second-order valence-electron chi connectivity index (χ2n) is 3.63. The van der Waals surface area contributed by atoms with Crippen LogP contribution in [0.4, 0.5) is 8.78 Å². The van der Waals surface area contributed by atoms with Crippen molar-refractivity contribution in [3.05, 3.63) is 35.4 Å². The van der Waals surface area contributed by atoms with Crippen molar-refractivity contribution >= 4 is 16.7 Å². The molecule has 0 aliphatic rings. The maximum absolute atomic E-state index is 13.3. The van der Waals surface area contributed by atoms with E-state index in [4.69, 9.17) is 0 Å². The molecule has 0 saturated heterocycles. The van der Waals surface area contributed by atoms with Crippen molar-refractivity contribution in [1.29, 1.82) is 0 Å². The number of benzene rings is 1. The smallest absolute Gasteiger partial charge is 0.142 e. The number of rotatable bonds is 3. The van der Waals surface area contributed by atoms with Gasteiger partial charge in [0.15, 0.2) is 0 Å². The highest BCUT2D eigenvalue weighted by Crippen LogP contribution is 2.12. The van der Waals surface area contributed by atoms with Crippen molar-refractivity contribution in [1.82, 2.24) is 0 Å². The molecule has 0 saturated carbocycles. The van der Waals surface area contributed by atoms with Crippen LogP contribution in [0.3, 0.4) is 0 Å². The highest BCUT2D eigenvalue weighted by molar-refractivity contribution is 7.84. The van der Waals surface area contributed by atoms with Crippen LogP contribution in [-0.2, 0) is 11.0 Å². The summed E-state index contributed by atoms with van der Waals surface area (Å²) >= 11 is 0. The van der Waals surface area contributed by atoms with Crippen LogP contribution in [0, 0.1) is 11.6 Å². The van der Waals surface area contributed by atoms with Gasteiger partial charge in [-0.1, -0.05) is 0 Å². The average molecular weight is 245 g/mol. The first kappa shape index (κ1) is 13.0. The van der Waals surface area contributed by atoms with Gasteiger partial charge in [-0.15, -0.1) is 0 Å². The minimum atomic E-state index is -1.42. The molecular formula is C11H13F2NOS. The predicted molar refractivity (Wildman–Crippen MR) is 61.8 cm³/mol. The van der Waals surface area contributed by atoms with Crippen LogP contribution in [0.1, 0.15) is 26.3 Å². The molecule has 0 N–H and O–H groups in total. The minimum absolute atomic E-state index is 0.0500. The van der Waals surface area contributed by atoms with E-state index in [-0.39, 0.29) is 16.5 Å². The van der Waals surface area contributed by atoms with Gasteiger partial charge < -0.3 is 0 Å². The molecule has 2 nitrogen and oxygen atoms in total. The largest absolute Gasteiger partial charge is 0.235 e. The monoisotopic (exact) mass is 245 g/mol. The van der Waals surface area contributed by atoms with Crippen molar-refractivity contribution in [2.24, 2.45) is 4.40 Å². The van der Waals surface area contributed by atoms with Gasteiger partial charge in [0.2, 0.25) is 0 Å². The Bertz CT molecular complexity index is 444. The molecule has 1 unspecified atom stereocenters. The normalized spacial score (nSPS) is 14.2. The second kappa shape index (κ2) is 5.30. The van der Waals surface area contributed by atoms with Gasteiger partial charge in [-0.2, -0.15) is 4.40 Å². The van der Waals surface area contributed by atoms with E-state index in [1.165, 1.54) is 6.92 Å². The number of halogens is 2. The summed E-state index contributed by atoms with van der Waals surface area (Å²) in [4.78, 5) is 0. The summed E-state index contributed by atoms with van der Waals surface area (Å²) in [5.74, 6) is -1.11. The van der Waals surface area contributed by atoms with Gasteiger partial charge in [0.25, 0.3) is 0 Å². The molecule has 0 aromatic heterocycles. The van der Waals surface area contributed by atoms with Gasteiger partial charge in [0.1, 0.15) is 22.6 Å². The summed E-state index contributed by atoms with van der Waals surface area (Å²) in [5.41, 5.74) is 0.290. The summed E-state index contributed by atoms with van der Waals surface area (Å²) < 4.78 is 41.5. The van der Waals surface area contributed by atoms with E-state index in [2.05, 4.69) is 4.40 Å².